The van der Waals surface area contributed by atoms with Gasteiger partial charge in [0.2, 0.25) is 0 Å². The Morgan fingerprint density at radius 1 is 1.57 bits per heavy atom. The predicted molar refractivity (Wildman–Crippen MR) is 30.5 cm³/mol. The van der Waals surface area contributed by atoms with Crippen LogP contribution in [0.1, 0.15) is 19.3 Å². The summed E-state index contributed by atoms with van der Waals surface area (Å²) in [5, 5.41) is 0. The standard InChI is InChI=1S/C6H9Cl/c7-2-1-6-3-5(6)4-6/h5H,1-4H2. The van der Waals surface area contributed by atoms with Crippen molar-refractivity contribution in [2.75, 3.05) is 5.88 Å². The lowest BCUT2D eigenvalue weighted by atomic mass is 10.2. The molecule has 0 N–H and O–H groups in total. The fourth-order valence-electron chi connectivity index (χ4n) is 1.40. The monoisotopic (exact) mass is 116 g/mol. The van der Waals surface area contributed by atoms with E-state index in [-0.39, 0.29) is 0 Å². The van der Waals surface area contributed by atoms with Crippen LogP contribution < -0.4 is 0 Å². The SMILES string of the molecule is ClCCC12CC1C2. The lowest BCUT2D eigenvalue weighted by molar-refractivity contribution is 0.627. The zero-order valence-corrected chi connectivity index (χ0v) is 5.04. The van der Waals surface area contributed by atoms with Crippen LogP contribution in [-0.4, -0.2) is 5.88 Å². The normalized spacial score (nSPS) is 53.6. The van der Waals surface area contributed by atoms with Crippen molar-refractivity contribution in [1.29, 1.82) is 0 Å². The maximum absolute atomic E-state index is 5.55. The van der Waals surface area contributed by atoms with E-state index < -0.39 is 0 Å². The molecule has 0 bridgehead atoms. The van der Waals surface area contributed by atoms with E-state index in [0.29, 0.717) is 0 Å². The van der Waals surface area contributed by atoms with Gasteiger partial charge in [0.25, 0.3) is 0 Å². The van der Waals surface area contributed by atoms with Crippen LogP contribution in [0.2, 0.25) is 0 Å². The summed E-state index contributed by atoms with van der Waals surface area (Å²) in [5.41, 5.74) is 0.835. The Labute approximate surface area is 48.9 Å². The fourth-order valence-corrected chi connectivity index (χ4v) is 1.78. The second-order valence-corrected chi connectivity index (χ2v) is 3.28. The van der Waals surface area contributed by atoms with E-state index in [1.807, 2.05) is 0 Å². The molecule has 0 aromatic heterocycles. The van der Waals surface area contributed by atoms with Crippen molar-refractivity contribution in [2.45, 2.75) is 19.3 Å². The molecule has 0 nitrogen and oxygen atoms in total. The molecule has 40 valence electrons. The molecule has 2 aliphatic rings. The Morgan fingerprint density at radius 2 is 2.14 bits per heavy atom. The van der Waals surface area contributed by atoms with Crippen LogP contribution in [0.25, 0.3) is 0 Å². The van der Waals surface area contributed by atoms with Gasteiger partial charge in [-0.1, -0.05) is 0 Å². The summed E-state index contributed by atoms with van der Waals surface area (Å²) in [6, 6.07) is 0. The highest BCUT2D eigenvalue weighted by Gasteiger charge is 2.68. The van der Waals surface area contributed by atoms with Crippen molar-refractivity contribution < 1.29 is 0 Å². The van der Waals surface area contributed by atoms with Crippen molar-refractivity contribution >= 4 is 11.6 Å². The van der Waals surface area contributed by atoms with E-state index in [9.17, 15) is 0 Å². The summed E-state index contributed by atoms with van der Waals surface area (Å²) < 4.78 is 0. The lowest BCUT2D eigenvalue weighted by Crippen LogP contribution is -1.85. The van der Waals surface area contributed by atoms with Crippen LogP contribution in [0.4, 0.5) is 0 Å². The Kier molecular flexibility index (Phi) is 0.597. The van der Waals surface area contributed by atoms with Gasteiger partial charge >= 0.3 is 0 Å². The van der Waals surface area contributed by atoms with Gasteiger partial charge in [0.1, 0.15) is 0 Å². The molecule has 2 aliphatic carbocycles. The first-order valence-corrected chi connectivity index (χ1v) is 3.47. The molecule has 7 heavy (non-hydrogen) atoms. The molecular weight excluding hydrogens is 108 g/mol. The quantitative estimate of drug-likeness (QED) is 0.485. The van der Waals surface area contributed by atoms with Crippen LogP contribution in [0.5, 0.6) is 0 Å². The zero-order valence-electron chi connectivity index (χ0n) is 4.28. The summed E-state index contributed by atoms with van der Waals surface area (Å²) in [7, 11) is 0. The van der Waals surface area contributed by atoms with Crippen molar-refractivity contribution in [3.05, 3.63) is 0 Å². The smallest absolute Gasteiger partial charge is 0.0228 e. The number of hydrogen-bond acceptors (Lipinski definition) is 0. The lowest BCUT2D eigenvalue weighted by Gasteiger charge is -1.93. The molecule has 2 saturated carbocycles. The van der Waals surface area contributed by atoms with Crippen molar-refractivity contribution in [2.24, 2.45) is 11.3 Å². The molecule has 1 heteroatoms. The molecule has 0 spiro atoms. The van der Waals surface area contributed by atoms with E-state index in [1.54, 1.807) is 0 Å². The van der Waals surface area contributed by atoms with Crippen LogP contribution >= 0.6 is 11.6 Å². The topological polar surface area (TPSA) is 0 Å². The molecule has 0 saturated heterocycles. The highest BCUT2D eigenvalue weighted by Crippen LogP contribution is 2.77. The van der Waals surface area contributed by atoms with Crippen molar-refractivity contribution in [3.63, 3.8) is 0 Å². The Hall–Kier alpha value is 0.290. The second-order valence-electron chi connectivity index (χ2n) is 2.91. The molecule has 0 atom stereocenters. The third-order valence-electron chi connectivity index (χ3n) is 2.44. The Bertz CT molecular complexity index is 92.4. The van der Waals surface area contributed by atoms with Crippen LogP contribution in [0, 0.1) is 11.3 Å². The Balaban J connectivity index is 1.87. The first kappa shape index (κ1) is 4.20. The van der Waals surface area contributed by atoms with E-state index in [1.165, 1.54) is 19.3 Å². The summed E-state index contributed by atoms with van der Waals surface area (Å²) >= 11 is 5.55. The van der Waals surface area contributed by atoms with E-state index in [0.717, 1.165) is 17.2 Å². The van der Waals surface area contributed by atoms with Crippen molar-refractivity contribution in [3.8, 4) is 0 Å². The minimum absolute atomic E-state index is 0.835. The fraction of sp³-hybridized carbons (Fsp3) is 1.00. The van der Waals surface area contributed by atoms with Gasteiger partial charge in [-0.15, -0.1) is 11.6 Å². The van der Waals surface area contributed by atoms with Gasteiger partial charge in [-0.2, -0.15) is 0 Å². The zero-order chi connectivity index (χ0) is 4.91. The molecule has 0 heterocycles. The molecule has 0 radical (unpaired) electrons. The van der Waals surface area contributed by atoms with Crippen LogP contribution in [0.15, 0.2) is 0 Å². The largest absolute Gasteiger partial charge is 0.127 e. The van der Waals surface area contributed by atoms with Gasteiger partial charge in [-0.3, -0.25) is 0 Å². The van der Waals surface area contributed by atoms with Gasteiger partial charge in [0, 0.05) is 5.88 Å². The minimum Gasteiger partial charge on any atom is -0.127 e. The maximum Gasteiger partial charge on any atom is 0.0228 e. The number of fused-ring (bicyclic) bond motifs is 1. The first-order chi connectivity index (χ1) is 3.37. The maximum atomic E-state index is 5.55. The van der Waals surface area contributed by atoms with Crippen molar-refractivity contribution in [1.82, 2.24) is 0 Å². The third kappa shape index (κ3) is 0.436. The summed E-state index contributed by atoms with van der Waals surface area (Å²) in [4.78, 5) is 0. The molecular formula is C6H9Cl. The molecule has 0 aromatic rings. The molecule has 2 rings (SSSR count). The first-order valence-electron chi connectivity index (χ1n) is 2.93. The van der Waals surface area contributed by atoms with Gasteiger partial charge in [0.05, 0.1) is 0 Å². The van der Waals surface area contributed by atoms with E-state index >= 15 is 0 Å². The molecule has 0 aromatic carbocycles. The second kappa shape index (κ2) is 0.997. The molecule has 0 amide bonds. The Morgan fingerprint density at radius 3 is 2.29 bits per heavy atom. The third-order valence-corrected chi connectivity index (χ3v) is 2.63. The summed E-state index contributed by atoms with van der Waals surface area (Å²) in [5.74, 6) is 2.02. The average Bonchev–Trinajstić information content (AvgIpc) is 2.22. The average molecular weight is 117 g/mol. The summed E-state index contributed by atoms with van der Waals surface area (Å²) in [6.07, 6.45) is 4.29. The summed E-state index contributed by atoms with van der Waals surface area (Å²) in [6.45, 7) is 0. The van der Waals surface area contributed by atoms with E-state index in [4.69, 9.17) is 11.6 Å². The number of rotatable bonds is 2. The predicted octanol–water partition coefficient (Wildman–Crippen LogP) is 2.03. The van der Waals surface area contributed by atoms with Gasteiger partial charge in [-0.05, 0) is 30.6 Å². The number of halogens is 1. The highest BCUT2D eigenvalue weighted by molar-refractivity contribution is 6.17. The van der Waals surface area contributed by atoms with Crippen LogP contribution in [-0.2, 0) is 0 Å². The van der Waals surface area contributed by atoms with Gasteiger partial charge < -0.3 is 0 Å². The van der Waals surface area contributed by atoms with Crippen LogP contribution in [0.3, 0.4) is 0 Å². The minimum atomic E-state index is 0.835. The van der Waals surface area contributed by atoms with Gasteiger partial charge in [-0.25, -0.2) is 0 Å². The molecule has 0 unspecified atom stereocenters. The molecule has 2 fully saturated rings. The number of alkyl halides is 1. The van der Waals surface area contributed by atoms with Gasteiger partial charge in [0.15, 0.2) is 0 Å². The highest BCUT2D eigenvalue weighted by atomic mass is 35.5. The molecule has 0 aliphatic heterocycles. The van der Waals surface area contributed by atoms with E-state index in [2.05, 4.69) is 0 Å². The number of hydrogen-bond donors (Lipinski definition) is 0.